The van der Waals surface area contributed by atoms with Crippen molar-refractivity contribution < 1.29 is 4.74 Å². The number of rotatable bonds is 1. The molecule has 0 N–H and O–H groups in total. The summed E-state index contributed by atoms with van der Waals surface area (Å²) in [4.78, 5) is 1.57. The van der Waals surface area contributed by atoms with E-state index in [2.05, 4.69) is 11.4 Å². The molecule has 0 spiro atoms. The Kier molecular flexibility index (Phi) is 1.52. The number of thiophene rings is 1. The largest absolute Gasteiger partial charge is 0.373 e. The van der Waals surface area contributed by atoms with Gasteiger partial charge in [-0.05, 0) is 35.8 Å². The maximum Gasteiger partial charge on any atom is 0.0863 e. The summed E-state index contributed by atoms with van der Waals surface area (Å²) in [6, 6.07) is 2.25. The first kappa shape index (κ1) is 7.10. The van der Waals surface area contributed by atoms with E-state index in [-0.39, 0.29) is 0 Å². The highest BCUT2D eigenvalue weighted by Gasteiger charge is 2.36. The molecule has 1 aromatic heterocycles. The number of fused-ring (bicyclic) bond motifs is 1. The van der Waals surface area contributed by atoms with Crippen molar-refractivity contribution in [1.29, 1.82) is 0 Å². The van der Waals surface area contributed by atoms with Crippen molar-refractivity contribution in [1.82, 2.24) is 0 Å². The summed E-state index contributed by atoms with van der Waals surface area (Å²) in [6.45, 7) is 0.939. The molecule has 0 saturated heterocycles. The van der Waals surface area contributed by atoms with Gasteiger partial charge in [-0.25, -0.2) is 0 Å². The van der Waals surface area contributed by atoms with Gasteiger partial charge < -0.3 is 4.74 Å². The predicted molar refractivity (Wildman–Crippen MR) is 49.4 cm³/mol. The van der Waals surface area contributed by atoms with E-state index in [9.17, 15) is 0 Å². The van der Waals surface area contributed by atoms with Crippen molar-refractivity contribution in [2.24, 2.45) is 5.92 Å². The second kappa shape index (κ2) is 2.57. The fraction of sp³-hybridized carbons (Fsp3) is 0.600. The van der Waals surface area contributed by atoms with Crippen LogP contribution in [-0.4, -0.2) is 6.61 Å². The minimum atomic E-state index is 0.458. The third-order valence-electron chi connectivity index (χ3n) is 2.76. The molecule has 3 rings (SSSR count). The smallest absolute Gasteiger partial charge is 0.0863 e. The Morgan fingerprint density at radius 1 is 1.42 bits per heavy atom. The molecule has 0 amide bonds. The molecular weight excluding hydrogens is 168 g/mol. The highest BCUT2D eigenvalue weighted by Crippen LogP contribution is 2.46. The summed E-state index contributed by atoms with van der Waals surface area (Å²) in [6.07, 6.45) is 4.34. The van der Waals surface area contributed by atoms with Crippen LogP contribution in [0.4, 0.5) is 0 Å². The predicted octanol–water partition coefficient (Wildman–Crippen LogP) is 2.77. The average molecular weight is 180 g/mol. The van der Waals surface area contributed by atoms with Crippen molar-refractivity contribution in [3.63, 3.8) is 0 Å². The van der Waals surface area contributed by atoms with Crippen LogP contribution >= 0.6 is 11.3 Å². The third kappa shape index (κ3) is 1.02. The van der Waals surface area contributed by atoms with E-state index in [1.54, 1.807) is 4.88 Å². The van der Waals surface area contributed by atoms with Crippen LogP contribution in [-0.2, 0) is 11.2 Å². The highest BCUT2D eigenvalue weighted by molar-refractivity contribution is 7.10. The lowest BCUT2D eigenvalue weighted by Crippen LogP contribution is -2.15. The Hall–Kier alpha value is -0.340. The van der Waals surface area contributed by atoms with Gasteiger partial charge >= 0.3 is 0 Å². The van der Waals surface area contributed by atoms with Gasteiger partial charge in [0.25, 0.3) is 0 Å². The van der Waals surface area contributed by atoms with Crippen LogP contribution in [0.2, 0.25) is 0 Å². The molecule has 12 heavy (non-hydrogen) atoms. The van der Waals surface area contributed by atoms with Crippen LogP contribution in [0.25, 0.3) is 0 Å². The van der Waals surface area contributed by atoms with E-state index in [0.717, 1.165) is 18.9 Å². The Labute approximate surface area is 76.4 Å². The summed E-state index contributed by atoms with van der Waals surface area (Å²) in [5.74, 6) is 0.846. The van der Waals surface area contributed by atoms with E-state index in [1.165, 1.54) is 18.4 Å². The molecule has 0 bridgehead atoms. The van der Waals surface area contributed by atoms with Crippen LogP contribution in [0.5, 0.6) is 0 Å². The van der Waals surface area contributed by atoms with Gasteiger partial charge in [-0.1, -0.05) is 0 Å². The van der Waals surface area contributed by atoms with E-state index in [4.69, 9.17) is 4.74 Å². The minimum Gasteiger partial charge on any atom is -0.373 e. The zero-order chi connectivity index (χ0) is 7.97. The van der Waals surface area contributed by atoms with Crippen LogP contribution in [0.3, 0.4) is 0 Å². The molecule has 1 aliphatic carbocycles. The van der Waals surface area contributed by atoms with E-state index >= 15 is 0 Å². The molecule has 64 valence electrons. The van der Waals surface area contributed by atoms with Gasteiger partial charge in [0.05, 0.1) is 12.7 Å². The zero-order valence-corrected chi connectivity index (χ0v) is 7.77. The number of hydrogen-bond donors (Lipinski definition) is 0. The molecule has 1 unspecified atom stereocenters. The highest BCUT2D eigenvalue weighted by atomic mass is 32.1. The van der Waals surface area contributed by atoms with Gasteiger partial charge in [0.2, 0.25) is 0 Å². The topological polar surface area (TPSA) is 9.23 Å². The Bertz CT molecular complexity index is 288. The molecular formula is C10H12OS. The maximum atomic E-state index is 5.79. The van der Waals surface area contributed by atoms with Gasteiger partial charge in [-0.3, -0.25) is 0 Å². The van der Waals surface area contributed by atoms with Gasteiger partial charge in [0.1, 0.15) is 0 Å². The first-order valence-corrected chi connectivity index (χ1v) is 5.51. The van der Waals surface area contributed by atoms with Gasteiger partial charge in [0.15, 0.2) is 0 Å². The monoisotopic (exact) mass is 180 g/mol. The molecule has 1 aromatic rings. The summed E-state index contributed by atoms with van der Waals surface area (Å²) in [7, 11) is 0. The number of hydrogen-bond acceptors (Lipinski definition) is 2. The van der Waals surface area contributed by atoms with Crippen LogP contribution < -0.4 is 0 Å². The lowest BCUT2D eigenvalue weighted by Gasteiger charge is -2.22. The zero-order valence-electron chi connectivity index (χ0n) is 6.95. The fourth-order valence-corrected chi connectivity index (χ4v) is 2.86. The summed E-state index contributed by atoms with van der Waals surface area (Å²) in [5.41, 5.74) is 1.49. The molecule has 2 heterocycles. The summed E-state index contributed by atoms with van der Waals surface area (Å²) in [5, 5.41) is 2.20. The van der Waals surface area contributed by atoms with Crippen molar-refractivity contribution in [2.75, 3.05) is 6.61 Å². The SMILES string of the molecule is c1cc2c(s1)CCOC2C1CC1. The summed E-state index contributed by atoms with van der Waals surface area (Å²) >= 11 is 1.89. The molecule has 1 atom stereocenters. The Balaban J connectivity index is 1.97. The fourth-order valence-electron chi connectivity index (χ4n) is 1.96. The first-order chi connectivity index (χ1) is 5.95. The maximum absolute atomic E-state index is 5.79. The molecule has 1 fully saturated rings. The molecule has 2 heteroatoms. The van der Waals surface area contributed by atoms with Crippen molar-refractivity contribution in [3.8, 4) is 0 Å². The third-order valence-corrected chi connectivity index (χ3v) is 3.76. The molecule has 1 saturated carbocycles. The van der Waals surface area contributed by atoms with Gasteiger partial charge in [0, 0.05) is 11.3 Å². The lowest BCUT2D eigenvalue weighted by molar-refractivity contribution is 0.0284. The second-order valence-corrected chi connectivity index (χ2v) is 4.68. The number of ether oxygens (including phenoxy) is 1. The van der Waals surface area contributed by atoms with Crippen LogP contribution in [0.15, 0.2) is 11.4 Å². The first-order valence-electron chi connectivity index (χ1n) is 4.63. The lowest BCUT2D eigenvalue weighted by atomic mass is 10.0. The van der Waals surface area contributed by atoms with Gasteiger partial charge in [-0.2, -0.15) is 0 Å². The van der Waals surface area contributed by atoms with E-state index in [1.807, 2.05) is 11.3 Å². The molecule has 2 aliphatic rings. The Morgan fingerprint density at radius 3 is 3.17 bits per heavy atom. The average Bonchev–Trinajstić information content (AvgIpc) is 2.82. The molecule has 1 nitrogen and oxygen atoms in total. The van der Waals surface area contributed by atoms with Crippen LogP contribution in [0, 0.1) is 5.92 Å². The summed E-state index contributed by atoms with van der Waals surface area (Å²) < 4.78 is 5.79. The van der Waals surface area contributed by atoms with Gasteiger partial charge in [-0.15, -0.1) is 11.3 Å². The second-order valence-electron chi connectivity index (χ2n) is 3.68. The van der Waals surface area contributed by atoms with Crippen molar-refractivity contribution >= 4 is 11.3 Å². The minimum absolute atomic E-state index is 0.458. The Morgan fingerprint density at radius 2 is 2.33 bits per heavy atom. The molecule has 1 aliphatic heterocycles. The normalized spacial score (nSPS) is 28.5. The molecule has 0 aromatic carbocycles. The quantitative estimate of drug-likeness (QED) is 0.645. The van der Waals surface area contributed by atoms with Crippen molar-refractivity contribution in [3.05, 3.63) is 21.9 Å². The molecule has 0 radical (unpaired) electrons. The van der Waals surface area contributed by atoms with Crippen molar-refractivity contribution in [2.45, 2.75) is 25.4 Å². The van der Waals surface area contributed by atoms with Crippen LogP contribution in [0.1, 0.15) is 29.4 Å². The van der Waals surface area contributed by atoms with E-state index < -0.39 is 0 Å². The standard InChI is InChI=1S/C10H12OS/c1-2-7(1)10-8-4-6-12-9(8)3-5-11-10/h4,6-7,10H,1-3,5H2. The van der Waals surface area contributed by atoms with E-state index in [0.29, 0.717) is 6.10 Å².